The number of nitrogens with zero attached hydrogens (tertiary/aromatic N) is 1. The Hall–Kier alpha value is -0.790. The highest BCUT2D eigenvalue weighted by atomic mass is 35.5. The molecule has 3 nitrogen and oxygen atoms in total. The molecule has 16 heavy (non-hydrogen) atoms. The van der Waals surface area contributed by atoms with Gasteiger partial charge in [-0.05, 0) is 18.6 Å². The zero-order chi connectivity index (χ0) is 12.1. The lowest BCUT2D eigenvalue weighted by Gasteiger charge is -2.18. The summed E-state index contributed by atoms with van der Waals surface area (Å²) in [5, 5.41) is 28.3. The average molecular weight is 260 g/mol. The van der Waals surface area contributed by atoms with Gasteiger partial charge in [0.05, 0.1) is 17.7 Å². The molecule has 2 unspecified atom stereocenters. The smallest absolute Gasteiger partial charge is 0.106 e. The highest BCUT2D eigenvalue weighted by Gasteiger charge is 2.20. The van der Waals surface area contributed by atoms with Crippen LogP contribution in [0.2, 0.25) is 5.02 Å². The summed E-state index contributed by atoms with van der Waals surface area (Å²) in [5.41, 5.74) is 0.811. The first kappa shape index (κ1) is 13.3. The van der Waals surface area contributed by atoms with E-state index in [-0.39, 0.29) is 17.3 Å². The van der Waals surface area contributed by atoms with Gasteiger partial charge in [-0.2, -0.15) is 5.26 Å². The molecule has 5 heteroatoms. The van der Waals surface area contributed by atoms with Gasteiger partial charge in [0.2, 0.25) is 0 Å². The third kappa shape index (κ3) is 3.10. The molecule has 0 fully saturated rings. The number of hydrogen-bond acceptors (Lipinski definition) is 3. The normalized spacial score (nSPS) is 14.2. The molecule has 0 aromatic heterocycles. The first-order valence-corrected chi connectivity index (χ1v) is 5.63. The Balaban J connectivity index is 2.92. The second kappa shape index (κ2) is 6.07. The van der Waals surface area contributed by atoms with Gasteiger partial charge in [-0.3, -0.25) is 0 Å². The van der Waals surface area contributed by atoms with E-state index in [2.05, 4.69) is 0 Å². The molecule has 0 aliphatic carbocycles. The summed E-state index contributed by atoms with van der Waals surface area (Å²) in [7, 11) is 0. The number of aliphatic hydroxyl groups excluding tert-OH is 2. The minimum Gasteiger partial charge on any atom is -0.390 e. The van der Waals surface area contributed by atoms with Crippen molar-refractivity contribution >= 4 is 23.2 Å². The van der Waals surface area contributed by atoms with Crippen LogP contribution in [0.4, 0.5) is 0 Å². The van der Waals surface area contributed by atoms with Crippen LogP contribution in [-0.4, -0.2) is 22.2 Å². The Morgan fingerprint density at radius 2 is 2.06 bits per heavy atom. The van der Waals surface area contributed by atoms with E-state index in [9.17, 15) is 10.2 Å². The van der Waals surface area contributed by atoms with Crippen molar-refractivity contribution in [2.24, 2.45) is 0 Å². The SMILES string of the molecule is N#Cc1ccc(C(O)C(O)CCCl)c(Cl)c1. The lowest BCUT2D eigenvalue weighted by molar-refractivity contribution is 0.0170. The van der Waals surface area contributed by atoms with Gasteiger partial charge in [-0.25, -0.2) is 0 Å². The molecule has 0 radical (unpaired) electrons. The number of aliphatic hydroxyl groups is 2. The molecule has 0 aliphatic rings. The molecule has 2 atom stereocenters. The predicted octanol–water partition coefficient (Wildman–Crippen LogP) is 2.23. The van der Waals surface area contributed by atoms with Crippen molar-refractivity contribution in [1.82, 2.24) is 0 Å². The molecular formula is C11H11Cl2NO2. The molecule has 86 valence electrons. The molecule has 0 heterocycles. The Bertz CT molecular complexity index is 403. The van der Waals surface area contributed by atoms with E-state index in [1.165, 1.54) is 18.2 Å². The second-order valence-electron chi connectivity index (χ2n) is 3.34. The standard InChI is InChI=1S/C11H11Cl2NO2/c12-4-3-10(15)11(16)8-2-1-7(6-14)5-9(8)13/h1-2,5,10-11,15-16H,3-4H2. The van der Waals surface area contributed by atoms with Crippen molar-refractivity contribution < 1.29 is 10.2 Å². The number of nitriles is 1. The Labute approximate surface area is 104 Å². The fourth-order valence-corrected chi connectivity index (χ4v) is 1.83. The van der Waals surface area contributed by atoms with E-state index in [1.807, 2.05) is 6.07 Å². The van der Waals surface area contributed by atoms with Crippen molar-refractivity contribution in [1.29, 1.82) is 5.26 Å². The molecule has 0 spiro atoms. The van der Waals surface area contributed by atoms with Gasteiger partial charge in [0, 0.05) is 16.5 Å². The zero-order valence-electron chi connectivity index (χ0n) is 8.40. The van der Waals surface area contributed by atoms with Crippen molar-refractivity contribution in [3.8, 4) is 6.07 Å². The third-order valence-corrected chi connectivity index (χ3v) is 2.76. The van der Waals surface area contributed by atoms with Crippen LogP contribution in [0.25, 0.3) is 0 Å². The third-order valence-electron chi connectivity index (χ3n) is 2.22. The molecule has 0 amide bonds. The van der Waals surface area contributed by atoms with Crippen molar-refractivity contribution in [2.75, 3.05) is 5.88 Å². The summed E-state index contributed by atoms with van der Waals surface area (Å²) in [4.78, 5) is 0. The Morgan fingerprint density at radius 3 is 2.56 bits per heavy atom. The number of benzene rings is 1. The molecule has 0 bridgehead atoms. The van der Waals surface area contributed by atoms with Gasteiger partial charge in [0.15, 0.2) is 0 Å². The van der Waals surface area contributed by atoms with Crippen molar-refractivity contribution in [2.45, 2.75) is 18.6 Å². The van der Waals surface area contributed by atoms with E-state index in [4.69, 9.17) is 28.5 Å². The van der Waals surface area contributed by atoms with Crippen LogP contribution in [0.3, 0.4) is 0 Å². The van der Waals surface area contributed by atoms with Crippen LogP contribution >= 0.6 is 23.2 Å². The van der Waals surface area contributed by atoms with Crippen LogP contribution in [0.5, 0.6) is 0 Å². The van der Waals surface area contributed by atoms with E-state index >= 15 is 0 Å². The first-order valence-electron chi connectivity index (χ1n) is 4.71. The van der Waals surface area contributed by atoms with Gasteiger partial charge >= 0.3 is 0 Å². The van der Waals surface area contributed by atoms with Crippen molar-refractivity contribution in [3.63, 3.8) is 0 Å². The first-order chi connectivity index (χ1) is 7.60. The van der Waals surface area contributed by atoms with Crippen LogP contribution < -0.4 is 0 Å². The van der Waals surface area contributed by atoms with Crippen LogP contribution in [0.15, 0.2) is 18.2 Å². The maximum absolute atomic E-state index is 9.79. The second-order valence-corrected chi connectivity index (χ2v) is 4.12. The average Bonchev–Trinajstić information content (AvgIpc) is 2.28. The highest BCUT2D eigenvalue weighted by molar-refractivity contribution is 6.31. The molecule has 1 rings (SSSR count). The van der Waals surface area contributed by atoms with Crippen LogP contribution in [0, 0.1) is 11.3 Å². The van der Waals surface area contributed by atoms with E-state index in [1.54, 1.807) is 0 Å². The minimum atomic E-state index is -1.08. The maximum atomic E-state index is 9.79. The molecule has 0 saturated carbocycles. The van der Waals surface area contributed by atoms with Gasteiger partial charge in [-0.1, -0.05) is 17.7 Å². The molecule has 1 aromatic carbocycles. The summed E-state index contributed by atoms with van der Waals surface area (Å²) in [6, 6.07) is 6.46. The van der Waals surface area contributed by atoms with Gasteiger partial charge in [0.1, 0.15) is 6.10 Å². The molecule has 0 saturated heterocycles. The molecular weight excluding hydrogens is 249 g/mol. The van der Waals surface area contributed by atoms with Gasteiger partial charge in [0.25, 0.3) is 0 Å². The van der Waals surface area contributed by atoms with E-state index in [0.717, 1.165) is 0 Å². The topological polar surface area (TPSA) is 64.2 Å². The molecule has 2 N–H and O–H groups in total. The fourth-order valence-electron chi connectivity index (χ4n) is 1.31. The Kier molecular flexibility index (Phi) is 5.04. The lowest BCUT2D eigenvalue weighted by Crippen LogP contribution is -2.19. The summed E-state index contributed by atoms with van der Waals surface area (Å²) in [6.45, 7) is 0. The van der Waals surface area contributed by atoms with Gasteiger partial charge in [-0.15, -0.1) is 11.6 Å². The van der Waals surface area contributed by atoms with E-state index < -0.39 is 12.2 Å². The van der Waals surface area contributed by atoms with Crippen molar-refractivity contribution in [3.05, 3.63) is 34.3 Å². The maximum Gasteiger partial charge on any atom is 0.106 e. The summed E-state index contributed by atoms with van der Waals surface area (Å²) < 4.78 is 0. The summed E-state index contributed by atoms with van der Waals surface area (Å²) >= 11 is 11.4. The number of hydrogen-bond donors (Lipinski definition) is 2. The number of halogens is 2. The quantitative estimate of drug-likeness (QED) is 0.816. The van der Waals surface area contributed by atoms with Gasteiger partial charge < -0.3 is 10.2 Å². The number of rotatable bonds is 4. The molecule has 0 aliphatic heterocycles. The fraction of sp³-hybridized carbons (Fsp3) is 0.364. The minimum absolute atomic E-state index is 0.256. The monoisotopic (exact) mass is 259 g/mol. The largest absolute Gasteiger partial charge is 0.390 e. The molecule has 1 aromatic rings. The van der Waals surface area contributed by atoms with E-state index in [0.29, 0.717) is 11.1 Å². The lowest BCUT2D eigenvalue weighted by atomic mass is 10.0. The Morgan fingerprint density at radius 1 is 1.38 bits per heavy atom. The van der Waals surface area contributed by atoms with Crippen LogP contribution in [0.1, 0.15) is 23.7 Å². The zero-order valence-corrected chi connectivity index (χ0v) is 9.91. The summed E-state index contributed by atoms with van der Waals surface area (Å²) in [5.74, 6) is 0.256. The summed E-state index contributed by atoms with van der Waals surface area (Å²) in [6.07, 6.45) is -1.76. The van der Waals surface area contributed by atoms with Crippen LogP contribution in [-0.2, 0) is 0 Å². The number of alkyl halides is 1. The predicted molar refractivity (Wildman–Crippen MR) is 62.5 cm³/mol. The highest BCUT2D eigenvalue weighted by Crippen LogP contribution is 2.27.